The van der Waals surface area contributed by atoms with E-state index in [-0.39, 0.29) is 11.6 Å². The summed E-state index contributed by atoms with van der Waals surface area (Å²) in [6.07, 6.45) is 10.2. The van der Waals surface area contributed by atoms with E-state index < -0.39 is 0 Å². The van der Waals surface area contributed by atoms with Crippen LogP contribution in [0.15, 0.2) is 12.7 Å². The first-order valence-electron chi connectivity index (χ1n) is 6.19. The summed E-state index contributed by atoms with van der Waals surface area (Å²) < 4.78 is 5.74. The molecule has 0 aromatic rings. The van der Waals surface area contributed by atoms with E-state index in [0.717, 1.165) is 25.9 Å². The largest absolute Gasteiger partial charge is 0.374 e. The molecule has 2 N–H and O–H groups in total. The van der Waals surface area contributed by atoms with E-state index in [0.29, 0.717) is 0 Å². The Morgan fingerprint density at radius 3 is 2.87 bits per heavy atom. The van der Waals surface area contributed by atoms with Crippen molar-refractivity contribution in [1.82, 2.24) is 0 Å². The number of ether oxygens (including phenoxy) is 1. The Morgan fingerprint density at radius 1 is 1.47 bits per heavy atom. The monoisotopic (exact) mass is 211 g/mol. The maximum absolute atomic E-state index is 6.18. The number of allylic oxidation sites excluding steroid dienone is 1. The number of nitrogens with two attached hydrogens (primary N) is 1. The molecule has 2 unspecified atom stereocenters. The molecule has 1 aliphatic heterocycles. The van der Waals surface area contributed by atoms with Crippen LogP contribution in [-0.4, -0.2) is 18.2 Å². The van der Waals surface area contributed by atoms with E-state index in [1.165, 1.54) is 25.7 Å². The topological polar surface area (TPSA) is 35.2 Å². The van der Waals surface area contributed by atoms with Gasteiger partial charge in [0.1, 0.15) is 0 Å². The number of unbranched alkanes of at least 4 members (excludes halogenated alkanes) is 3. The molecule has 88 valence electrons. The average Bonchev–Trinajstić information content (AvgIpc) is 2.66. The first kappa shape index (κ1) is 12.7. The third kappa shape index (κ3) is 3.96. The third-order valence-electron chi connectivity index (χ3n) is 3.46. The van der Waals surface area contributed by atoms with Crippen molar-refractivity contribution in [1.29, 1.82) is 0 Å². The van der Waals surface area contributed by atoms with Gasteiger partial charge in [0.25, 0.3) is 0 Å². The van der Waals surface area contributed by atoms with E-state index in [2.05, 4.69) is 13.5 Å². The minimum atomic E-state index is -0.0432. The van der Waals surface area contributed by atoms with Crippen LogP contribution in [0, 0.1) is 0 Å². The summed E-state index contributed by atoms with van der Waals surface area (Å²) >= 11 is 0. The normalized spacial score (nSPS) is 27.9. The highest BCUT2D eigenvalue weighted by Gasteiger charge is 2.35. The van der Waals surface area contributed by atoms with Gasteiger partial charge >= 0.3 is 0 Å². The average molecular weight is 211 g/mol. The molecule has 1 fully saturated rings. The van der Waals surface area contributed by atoms with Gasteiger partial charge in [-0.05, 0) is 39.0 Å². The van der Waals surface area contributed by atoms with Gasteiger partial charge in [0.2, 0.25) is 0 Å². The molecular formula is C13H25NO. The summed E-state index contributed by atoms with van der Waals surface area (Å²) in [7, 11) is 0. The Kier molecular flexibility index (Phi) is 5.34. The maximum Gasteiger partial charge on any atom is 0.0805 e. The second-order valence-corrected chi connectivity index (χ2v) is 4.80. The zero-order chi connectivity index (χ0) is 11.1. The van der Waals surface area contributed by atoms with Gasteiger partial charge in [-0.1, -0.05) is 18.9 Å². The van der Waals surface area contributed by atoms with Gasteiger partial charge in [-0.2, -0.15) is 0 Å². The second kappa shape index (κ2) is 6.29. The molecule has 0 amide bonds. The molecule has 0 aromatic heterocycles. The first-order chi connectivity index (χ1) is 7.19. The number of rotatable bonds is 7. The minimum absolute atomic E-state index is 0.0432. The summed E-state index contributed by atoms with van der Waals surface area (Å²) in [5.41, 5.74) is 6.14. The fourth-order valence-corrected chi connectivity index (χ4v) is 2.23. The lowest BCUT2D eigenvalue weighted by atomic mass is 9.90. The van der Waals surface area contributed by atoms with Gasteiger partial charge in [-0.15, -0.1) is 6.58 Å². The Balaban J connectivity index is 2.12. The van der Waals surface area contributed by atoms with Crippen LogP contribution >= 0.6 is 0 Å². The van der Waals surface area contributed by atoms with E-state index in [1.807, 2.05) is 6.08 Å². The molecule has 1 aliphatic rings. The second-order valence-electron chi connectivity index (χ2n) is 4.80. The predicted molar refractivity (Wildman–Crippen MR) is 64.8 cm³/mol. The molecular weight excluding hydrogens is 186 g/mol. The summed E-state index contributed by atoms with van der Waals surface area (Å²) in [6, 6.07) is 0.212. The van der Waals surface area contributed by atoms with Crippen LogP contribution in [0.4, 0.5) is 0 Å². The molecule has 1 saturated heterocycles. The van der Waals surface area contributed by atoms with Crippen molar-refractivity contribution in [2.75, 3.05) is 6.61 Å². The molecule has 1 heterocycles. The van der Waals surface area contributed by atoms with Crippen molar-refractivity contribution in [3.05, 3.63) is 12.7 Å². The van der Waals surface area contributed by atoms with Gasteiger partial charge < -0.3 is 10.5 Å². The fraction of sp³-hybridized carbons (Fsp3) is 0.846. The molecule has 1 rings (SSSR count). The Hall–Kier alpha value is -0.340. The van der Waals surface area contributed by atoms with Crippen molar-refractivity contribution in [2.45, 2.75) is 63.5 Å². The maximum atomic E-state index is 6.18. The lowest BCUT2D eigenvalue weighted by Crippen LogP contribution is -2.44. The molecule has 15 heavy (non-hydrogen) atoms. The lowest BCUT2D eigenvalue weighted by molar-refractivity contribution is -0.00363. The Labute approximate surface area is 93.9 Å². The van der Waals surface area contributed by atoms with Crippen LogP contribution in [0.25, 0.3) is 0 Å². The van der Waals surface area contributed by atoms with E-state index in [1.54, 1.807) is 0 Å². The summed E-state index contributed by atoms with van der Waals surface area (Å²) in [4.78, 5) is 0. The Morgan fingerprint density at radius 2 is 2.27 bits per heavy atom. The minimum Gasteiger partial charge on any atom is -0.374 e. The van der Waals surface area contributed by atoms with Crippen LogP contribution in [0.5, 0.6) is 0 Å². The highest BCUT2D eigenvalue weighted by Crippen LogP contribution is 2.29. The highest BCUT2D eigenvalue weighted by atomic mass is 16.5. The molecule has 0 spiro atoms. The van der Waals surface area contributed by atoms with Crippen molar-refractivity contribution >= 4 is 0 Å². The molecule has 2 atom stereocenters. The zero-order valence-electron chi connectivity index (χ0n) is 10.0. The molecule has 0 aliphatic carbocycles. The number of hydrogen-bond acceptors (Lipinski definition) is 2. The molecule has 0 radical (unpaired) electrons. The van der Waals surface area contributed by atoms with Crippen LogP contribution in [0.1, 0.15) is 51.9 Å². The fourth-order valence-electron chi connectivity index (χ4n) is 2.23. The van der Waals surface area contributed by atoms with Crippen LogP contribution in [0.3, 0.4) is 0 Å². The van der Waals surface area contributed by atoms with E-state index in [9.17, 15) is 0 Å². The number of hydrogen-bond donors (Lipinski definition) is 1. The lowest BCUT2D eigenvalue weighted by Gasteiger charge is -2.30. The molecule has 0 aromatic carbocycles. The Bertz CT molecular complexity index is 185. The zero-order valence-corrected chi connectivity index (χ0v) is 10.0. The summed E-state index contributed by atoms with van der Waals surface area (Å²) in [6.45, 7) is 6.77. The van der Waals surface area contributed by atoms with Crippen molar-refractivity contribution in [3.63, 3.8) is 0 Å². The molecule has 2 heteroatoms. The van der Waals surface area contributed by atoms with Crippen molar-refractivity contribution in [3.8, 4) is 0 Å². The standard InChI is InChI=1S/C13H25NO/c1-3-4-5-6-7-9-12(14)13(2)10-8-11-15-13/h3,12H,1,4-11,14H2,2H3. The van der Waals surface area contributed by atoms with E-state index in [4.69, 9.17) is 10.5 Å². The van der Waals surface area contributed by atoms with Gasteiger partial charge in [0.15, 0.2) is 0 Å². The molecule has 2 nitrogen and oxygen atoms in total. The van der Waals surface area contributed by atoms with Gasteiger partial charge in [0.05, 0.1) is 5.60 Å². The third-order valence-corrected chi connectivity index (χ3v) is 3.46. The quantitative estimate of drug-likeness (QED) is 0.519. The SMILES string of the molecule is C=CCCCCCC(N)C1(C)CCCO1. The molecule has 0 bridgehead atoms. The highest BCUT2D eigenvalue weighted by molar-refractivity contribution is 4.90. The first-order valence-corrected chi connectivity index (χ1v) is 6.19. The van der Waals surface area contributed by atoms with Crippen molar-refractivity contribution < 1.29 is 4.74 Å². The molecule has 0 saturated carbocycles. The van der Waals surface area contributed by atoms with Crippen molar-refractivity contribution in [2.24, 2.45) is 5.73 Å². The predicted octanol–water partition coefficient (Wildman–Crippen LogP) is 3.02. The van der Waals surface area contributed by atoms with E-state index >= 15 is 0 Å². The van der Waals surface area contributed by atoms with Gasteiger partial charge in [-0.25, -0.2) is 0 Å². The summed E-state index contributed by atoms with van der Waals surface area (Å²) in [5.74, 6) is 0. The van der Waals surface area contributed by atoms with Crippen LogP contribution in [0.2, 0.25) is 0 Å². The summed E-state index contributed by atoms with van der Waals surface area (Å²) in [5, 5.41) is 0. The van der Waals surface area contributed by atoms with Gasteiger partial charge in [0, 0.05) is 12.6 Å². The smallest absolute Gasteiger partial charge is 0.0805 e. The van der Waals surface area contributed by atoms with Crippen LogP contribution < -0.4 is 5.73 Å². The van der Waals surface area contributed by atoms with Gasteiger partial charge in [-0.3, -0.25) is 0 Å². The van der Waals surface area contributed by atoms with Crippen LogP contribution in [-0.2, 0) is 4.74 Å².